The first-order chi connectivity index (χ1) is 9.11. The number of hydrogen-bond acceptors (Lipinski definition) is 6. The fourth-order valence-electron chi connectivity index (χ4n) is 2.60. The summed E-state index contributed by atoms with van der Waals surface area (Å²) in [6.07, 6.45) is 5.23. The van der Waals surface area contributed by atoms with Gasteiger partial charge in [-0.2, -0.15) is 0 Å². The van der Waals surface area contributed by atoms with E-state index in [9.17, 15) is 5.11 Å². The highest BCUT2D eigenvalue weighted by Gasteiger charge is 2.32. The van der Waals surface area contributed by atoms with Gasteiger partial charge in [-0.15, -0.1) is 10.2 Å². The fourth-order valence-corrected chi connectivity index (χ4v) is 3.45. The van der Waals surface area contributed by atoms with E-state index in [0.29, 0.717) is 0 Å². The molecule has 19 heavy (non-hydrogen) atoms. The monoisotopic (exact) mass is 284 g/mol. The number of nitrogens with zero attached hydrogens (tertiary/aromatic N) is 3. The zero-order chi connectivity index (χ0) is 13.7. The first kappa shape index (κ1) is 14.7. The van der Waals surface area contributed by atoms with Crippen LogP contribution in [0.1, 0.15) is 44.0 Å². The van der Waals surface area contributed by atoms with Gasteiger partial charge in [0.15, 0.2) is 0 Å². The van der Waals surface area contributed by atoms with Crippen molar-refractivity contribution >= 4 is 16.5 Å². The number of aromatic nitrogens is 2. The zero-order valence-corrected chi connectivity index (χ0v) is 12.7. The molecule has 0 unspecified atom stereocenters. The molecule has 0 aliphatic heterocycles. The second-order valence-corrected chi connectivity index (χ2v) is 6.59. The van der Waals surface area contributed by atoms with E-state index in [2.05, 4.69) is 27.3 Å². The molecule has 1 aliphatic rings. The maximum Gasteiger partial charge on any atom is 0.205 e. The lowest BCUT2D eigenvalue weighted by molar-refractivity contribution is 0.0145. The van der Waals surface area contributed by atoms with Gasteiger partial charge in [0.1, 0.15) is 5.01 Å². The Morgan fingerprint density at radius 2 is 2.11 bits per heavy atom. The number of likely N-dealkylation sites (N-methyl/N-ethyl adjacent to an activating group) is 1. The Hall–Kier alpha value is -0.720. The number of aliphatic hydroxyl groups is 1. The molecule has 1 aliphatic carbocycles. The molecule has 6 heteroatoms. The second kappa shape index (κ2) is 6.63. The summed E-state index contributed by atoms with van der Waals surface area (Å²) in [5.74, 6) is 0. The molecule has 0 bridgehead atoms. The molecule has 0 amide bonds. The lowest BCUT2D eigenvalue weighted by Gasteiger charge is -2.27. The summed E-state index contributed by atoms with van der Waals surface area (Å²) >= 11 is 1.60. The molecule has 2 rings (SSSR count). The van der Waals surface area contributed by atoms with Crippen molar-refractivity contribution in [1.29, 1.82) is 0 Å². The van der Waals surface area contributed by atoms with Gasteiger partial charge in [0.2, 0.25) is 5.13 Å². The average molecular weight is 284 g/mol. The van der Waals surface area contributed by atoms with E-state index in [1.165, 1.54) is 0 Å². The van der Waals surface area contributed by atoms with E-state index >= 15 is 0 Å². The Bertz CT molecular complexity index is 390. The van der Waals surface area contributed by atoms with Gasteiger partial charge in [-0.05, 0) is 26.3 Å². The van der Waals surface area contributed by atoms with Crippen LogP contribution in [-0.4, -0.2) is 45.9 Å². The highest BCUT2D eigenvalue weighted by atomic mass is 32.1. The molecule has 0 radical (unpaired) electrons. The molecule has 5 nitrogen and oxygen atoms in total. The first-order valence-corrected chi connectivity index (χ1v) is 7.90. The Morgan fingerprint density at radius 1 is 1.37 bits per heavy atom. The van der Waals surface area contributed by atoms with Crippen LogP contribution in [0.15, 0.2) is 0 Å². The molecule has 1 heterocycles. The van der Waals surface area contributed by atoms with E-state index in [1.54, 1.807) is 11.3 Å². The summed E-state index contributed by atoms with van der Waals surface area (Å²) < 4.78 is 0. The van der Waals surface area contributed by atoms with Gasteiger partial charge in [-0.25, -0.2) is 0 Å². The predicted octanol–water partition coefficient (Wildman–Crippen LogP) is 2.10. The van der Waals surface area contributed by atoms with E-state index < -0.39 is 5.60 Å². The van der Waals surface area contributed by atoms with Crippen molar-refractivity contribution in [1.82, 2.24) is 15.1 Å². The maximum atomic E-state index is 10.4. The van der Waals surface area contributed by atoms with E-state index in [1.807, 2.05) is 7.05 Å². The summed E-state index contributed by atoms with van der Waals surface area (Å²) in [5, 5.41) is 23.8. The molecular formula is C13H24N4OS. The third-order valence-electron chi connectivity index (χ3n) is 3.50. The second-order valence-electron chi connectivity index (χ2n) is 5.53. The predicted molar refractivity (Wildman–Crippen MR) is 78.4 cm³/mol. The highest BCUT2D eigenvalue weighted by Crippen LogP contribution is 2.30. The summed E-state index contributed by atoms with van der Waals surface area (Å²) in [4.78, 5) is 2.15. The SMILES string of the molecule is CCCNc1nnc(CN(C)CC2(O)CCCC2)s1. The highest BCUT2D eigenvalue weighted by molar-refractivity contribution is 7.15. The lowest BCUT2D eigenvalue weighted by Crippen LogP contribution is -2.38. The normalized spacial score (nSPS) is 18.1. The molecule has 1 aromatic heterocycles. The van der Waals surface area contributed by atoms with Gasteiger partial charge in [-0.1, -0.05) is 31.1 Å². The quantitative estimate of drug-likeness (QED) is 0.803. The van der Waals surface area contributed by atoms with Crippen LogP contribution < -0.4 is 5.32 Å². The topological polar surface area (TPSA) is 61.3 Å². The van der Waals surface area contributed by atoms with Gasteiger partial charge in [0, 0.05) is 13.1 Å². The Morgan fingerprint density at radius 3 is 2.79 bits per heavy atom. The van der Waals surface area contributed by atoms with E-state index in [0.717, 1.165) is 61.9 Å². The Labute approximate surface area is 119 Å². The van der Waals surface area contributed by atoms with Crippen LogP contribution in [0.25, 0.3) is 0 Å². The van der Waals surface area contributed by atoms with Crippen molar-refractivity contribution < 1.29 is 5.11 Å². The van der Waals surface area contributed by atoms with Crippen molar-refractivity contribution in [2.24, 2.45) is 0 Å². The minimum atomic E-state index is -0.483. The molecule has 1 saturated carbocycles. The molecule has 0 atom stereocenters. The first-order valence-electron chi connectivity index (χ1n) is 7.08. The van der Waals surface area contributed by atoms with Crippen LogP contribution >= 0.6 is 11.3 Å². The smallest absolute Gasteiger partial charge is 0.205 e. The third kappa shape index (κ3) is 4.40. The van der Waals surface area contributed by atoms with Crippen LogP contribution in [0.2, 0.25) is 0 Å². The summed E-state index contributed by atoms with van der Waals surface area (Å²) in [5.41, 5.74) is -0.483. The molecule has 2 N–H and O–H groups in total. The maximum absolute atomic E-state index is 10.4. The molecule has 1 aromatic rings. The molecule has 1 fully saturated rings. The molecule has 0 aromatic carbocycles. The number of anilines is 1. The van der Waals surface area contributed by atoms with Gasteiger partial charge in [0.25, 0.3) is 0 Å². The third-order valence-corrected chi connectivity index (χ3v) is 4.36. The largest absolute Gasteiger partial charge is 0.389 e. The van der Waals surface area contributed by atoms with Gasteiger partial charge >= 0.3 is 0 Å². The van der Waals surface area contributed by atoms with Crippen molar-refractivity contribution in [2.75, 3.05) is 25.5 Å². The fraction of sp³-hybridized carbons (Fsp3) is 0.846. The zero-order valence-electron chi connectivity index (χ0n) is 11.9. The van der Waals surface area contributed by atoms with Gasteiger partial charge in [0.05, 0.1) is 12.1 Å². The molecule has 0 spiro atoms. The Kier molecular flexibility index (Phi) is 5.13. The Balaban J connectivity index is 1.81. The van der Waals surface area contributed by atoms with Crippen molar-refractivity contribution in [3.8, 4) is 0 Å². The number of rotatable bonds is 7. The minimum absolute atomic E-state index is 0.483. The van der Waals surface area contributed by atoms with Crippen molar-refractivity contribution in [2.45, 2.75) is 51.2 Å². The van der Waals surface area contributed by atoms with Crippen LogP contribution in [0.4, 0.5) is 5.13 Å². The summed E-state index contributed by atoms with van der Waals surface area (Å²) in [6, 6.07) is 0. The summed E-state index contributed by atoms with van der Waals surface area (Å²) in [6.45, 7) is 4.55. The minimum Gasteiger partial charge on any atom is -0.389 e. The molecule has 0 saturated heterocycles. The standard InChI is InChI=1S/C13H24N4OS/c1-3-8-14-12-16-15-11(19-12)9-17(2)10-13(18)6-4-5-7-13/h18H,3-10H2,1-2H3,(H,14,16). The molecule has 108 valence electrons. The van der Waals surface area contributed by atoms with E-state index in [4.69, 9.17) is 0 Å². The van der Waals surface area contributed by atoms with Crippen LogP contribution in [-0.2, 0) is 6.54 Å². The van der Waals surface area contributed by atoms with Crippen molar-refractivity contribution in [3.63, 3.8) is 0 Å². The van der Waals surface area contributed by atoms with Gasteiger partial charge < -0.3 is 10.4 Å². The van der Waals surface area contributed by atoms with Crippen molar-refractivity contribution in [3.05, 3.63) is 5.01 Å². The van der Waals surface area contributed by atoms with E-state index in [-0.39, 0.29) is 0 Å². The number of nitrogens with one attached hydrogen (secondary N) is 1. The lowest BCUT2D eigenvalue weighted by atomic mass is 10.0. The summed E-state index contributed by atoms with van der Waals surface area (Å²) in [7, 11) is 2.04. The molecular weight excluding hydrogens is 260 g/mol. The van der Waals surface area contributed by atoms with Crippen LogP contribution in [0, 0.1) is 0 Å². The van der Waals surface area contributed by atoms with Gasteiger partial charge in [-0.3, -0.25) is 4.90 Å². The van der Waals surface area contributed by atoms with Crippen LogP contribution in [0.5, 0.6) is 0 Å². The average Bonchev–Trinajstić information content (AvgIpc) is 2.96. The van der Waals surface area contributed by atoms with Crippen LogP contribution in [0.3, 0.4) is 0 Å². The number of hydrogen-bond donors (Lipinski definition) is 2.